The summed E-state index contributed by atoms with van der Waals surface area (Å²) in [6.45, 7) is 18.2. The molecule has 2 unspecified atom stereocenters. The Bertz CT molecular complexity index is 1670. The summed E-state index contributed by atoms with van der Waals surface area (Å²) in [5, 5.41) is 22.3. The molecule has 0 spiro atoms. The Kier molecular flexibility index (Phi) is 26.2. The van der Waals surface area contributed by atoms with Gasteiger partial charge in [-0.25, -0.2) is 19.6 Å². The second-order valence-corrected chi connectivity index (χ2v) is 16.3. The number of aliphatic hydroxyl groups is 1. The lowest BCUT2D eigenvalue weighted by Gasteiger charge is -2.27. The molecule has 0 aliphatic carbocycles. The Labute approximate surface area is 351 Å². The van der Waals surface area contributed by atoms with E-state index in [2.05, 4.69) is 48.6 Å². The summed E-state index contributed by atoms with van der Waals surface area (Å²) in [6.07, 6.45) is 1.76. The maximum Gasteiger partial charge on any atom is 0.357 e. The summed E-state index contributed by atoms with van der Waals surface area (Å²) in [6, 6.07) is -1.34. The lowest BCUT2D eigenvalue weighted by atomic mass is 9.82. The smallest absolute Gasteiger partial charge is 0.357 e. The van der Waals surface area contributed by atoms with E-state index in [-0.39, 0.29) is 71.0 Å². The van der Waals surface area contributed by atoms with Crippen LogP contribution in [-0.2, 0) is 23.8 Å². The van der Waals surface area contributed by atoms with Gasteiger partial charge >= 0.3 is 11.9 Å². The number of aliphatic hydroxyl groups excluding tert-OH is 1. The number of hydrogen-bond donors (Lipinski definition) is 1. The van der Waals surface area contributed by atoms with E-state index in [1.165, 1.54) is 36.9 Å². The molecule has 0 bridgehead atoms. The number of azide groups is 2. The summed E-state index contributed by atoms with van der Waals surface area (Å²) >= 11 is 2.53. The van der Waals surface area contributed by atoms with Crippen molar-refractivity contribution in [2.45, 2.75) is 125 Å². The molecule has 0 aromatic carbocycles. The van der Waals surface area contributed by atoms with Crippen LogP contribution in [0, 0.1) is 35.5 Å². The highest BCUT2D eigenvalue weighted by atomic mass is 32.1. The normalized spacial score (nSPS) is 15.2. The van der Waals surface area contributed by atoms with Gasteiger partial charge in [0.05, 0.1) is 34.8 Å². The minimum absolute atomic E-state index is 0.00419. The molecule has 0 amide bonds. The van der Waals surface area contributed by atoms with E-state index >= 15 is 0 Å². The van der Waals surface area contributed by atoms with Crippen LogP contribution in [0.2, 0.25) is 0 Å². The van der Waals surface area contributed by atoms with Crippen LogP contribution < -0.4 is 0 Å². The molecule has 0 aliphatic heterocycles. The molecule has 19 heteroatoms. The summed E-state index contributed by atoms with van der Waals surface area (Å²) in [4.78, 5) is 62.9. The first-order valence-electron chi connectivity index (χ1n) is 20.0. The monoisotopic (exact) mass is 855 g/mol. The van der Waals surface area contributed by atoms with E-state index in [4.69, 9.17) is 21.9 Å². The number of alkyl halides is 1. The van der Waals surface area contributed by atoms with Gasteiger partial charge in [0.1, 0.15) is 33.8 Å². The fourth-order valence-corrected chi connectivity index (χ4v) is 7.50. The number of aromatic nitrogens is 2. The fourth-order valence-electron chi connectivity index (χ4n) is 5.87. The van der Waals surface area contributed by atoms with Crippen LogP contribution in [0.4, 0.5) is 4.39 Å². The largest absolute Gasteiger partial charge is 0.464 e. The lowest BCUT2D eigenvalue weighted by Crippen LogP contribution is -2.29. The highest BCUT2D eigenvalue weighted by Gasteiger charge is 2.31. The van der Waals surface area contributed by atoms with Crippen LogP contribution in [0.3, 0.4) is 0 Å². The molecule has 16 nitrogen and oxygen atoms in total. The molecular weight excluding hydrogens is 792 g/mol. The molecule has 0 saturated carbocycles. The molecular formula is C39H63FN8O8S2. The van der Waals surface area contributed by atoms with Crippen molar-refractivity contribution in [1.82, 2.24) is 9.97 Å². The molecule has 0 aliphatic rings. The Morgan fingerprint density at radius 3 is 1.55 bits per heavy atom. The van der Waals surface area contributed by atoms with Gasteiger partial charge < -0.3 is 19.3 Å². The van der Waals surface area contributed by atoms with E-state index in [0.29, 0.717) is 35.9 Å². The molecule has 326 valence electrons. The van der Waals surface area contributed by atoms with Gasteiger partial charge in [0.15, 0.2) is 11.4 Å². The summed E-state index contributed by atoms with van der Waals surface area (Å²) < 4.78 is 30.7. The van der Waals surface area contributed by atoms with E-state index in [0.717, 1.165) is 12.8 Å². The number of ketones is 2. The maximum absolute atomic E-state index is 12.9. The van der Waals surface area contributed by atoms with Crippen molar-refractivity contribution < 1.29 is 44.3 Å². The fraction of sp³-hybridized carbons (Fsp3) is 0.744. The summed E-state index contributed by atoms with van der Waals surface area (Å²) in [5.74, 6) is -0.914. The zero-order chi connectivity index (χ0) is 45.2. The number of nitrogens with zero attached hydrogens (tertiary/aromatic N) is 8. The number of halogens is 1. The Morgan fingerprint density at radius 2 is 1.19 bits per heavy atom. The predicted octanol–water partition coefficient (Wildman–Crippen LogP) is 10.2. The van der Waals surface area contributed by atoms with Gasteiger partial charge in [0.2, 0.25) is 0 Å². The SMILES string of the molecule is CCC(C)[C@H](N=[N+]=[N-])C(=O)C[C@H](C[C@@H](O)c1nc(C(=O)OC)cs1)C(C)C.CCO[C@H](C[C@@H](CC(=O)[C@@H](N=[N+]=[N-])C(C)CC)C(C)C)c1nc(C(=O)OC)cs1.[2H]CF. The number of Topliss-reactive ketones (excluding diaryl/α,β-unsaturated/α-hetero) is 2. The van der Waals surface area contributed by atoms with Gasteiger partial charge in [-0.2, -0.15) is 0 Å². The molecule has 58 heavy (non-hydrogen) atoms. The number of ether oxygens (including phenoxy) is 3. The van der Waals surface area contributed by atoms with E-state index < -0.39 is 37.3 Å². The molecule has 0 saturated heterocycles. The Hall–Kier alpha value is -3.99. The molecule has 2 aromatic rings. The third-order valence-electron chi connectivity index (χ3n) is 9.99. The minimum atomic E-state index is -1.00. The second kappa shape index (κ2) is 29.3. The van der Waals surface area contributed by atoms with E-state index in [1.807, 2.05) is 48.5 Å². The zero-order valence-electron chi connectivity index (χ0n) is 36.7. The van der Waals surface area contributed by atoms with Gasteiger partial charge in [-0.1, -0.05) is 78.5 Å². The maximum atomic E-state index is 12.9. The van der Waals surface area contributed by atoms with Crippen molar-refractivity contribution in [1.29, 1.82) is 0 Å². The van der Waals surface area contributed by atoms with Crippen molar-refractivity contribution in [2.24, 2.45) is 45.7 Å². The minimum Gasteiger partial charge on any atom is -0.464 e. The number of esters is 2. The molecule has 0 fully saturated rings. The molecule has 2 rings (SSSR count). The van der Waals surface area contributed by atoms with Crippen molar-refractivity contribution >= 4 is 46.2 Å². The van der Waals surface area contributed by atoms with Crippen LogP contribution in [0.5, 0.6) is 0 Å². The average molecular weight is 856 g/mol. The van der Waals surface area contributed by atoms with Crippen LogP contribution in [0.15, 0.2) is 21.0 Å². The highest BCUT2D eigenvalue weighted by molar-refractivity contribution is 7.10. The molecule has 2 aromatic heterocycles. The lowest BCUT2D eigenvalue weighted by molar-refractivity contribution is -0.123. The molecule has 1 N–H and O–H groups in total. The predicted molar refractivity (Wildman–Crippen MR) is 223 cm³/mol. The highest BCUT2D eigenvalue weighted by Crippen LogP contribution is 2.34. The number of hydrogen-bond acceptors (Lipinski definition) is 14. The van der Waals surface area contributed by atoms with Crippen LogP contribution in [-0.4, -0.2) is 78.6 Å². The van der Waals surface area contributed by atoms with Crippen molar-refractivity contribution in [2.75, 3.05) is 28.0 Å². The van der Waals surface area contributed by atoms with Gasteiger partial charge in [-0.05, 0) is 66.3 Å². The molecule has 2 heterocycles. The van der Waals surface area contributed by atoms with Crippen molar-refractivity contribution in [3.63, 3.8) is 0 Å². The van der Waals surface area contributed by atoms with Gasteiger partial charge in [0.25, 0.3) is 0 Å². The second-order valence-electron chi connectivity index (χ2n) is 14.5. The summed E-state index contributed by atoms with van der Waals surface area (Å²) in [7, 11) is 1.59. The quantitative estimate of drug-likeness (QED) is 0.0453. The number of rotatable bonds is 24. The van der Waals surface area contributed by atoms with Crippen molar-refractivity contribution in [3.05, 3.63) is 53.0 Å². The first-order valence-corrected chi connectivity index (χ1v) is 21.1. The van der Waals surface area contributed by atoms with Crippen molar-refractivity contribution in [3.8, 4) is 0 Å². The summed E-state index contributed by atoms with van der Waals surface area (Å²) in [5.41, 5.74) is 18.0. The Morgan fingerprint density at radius 1 is 0.793 bits per heavy atom. The van der Waals surface area contributed by atoms with Gasteiger partial charge in [-0.3, -0.25) is 14.0 Å². The van der Waals surface area contributed by atoms with E-state index in [1.54, 1.807) is 10.8 Å². The first kappa shape index (κ1) is 52.0. The van der Waals surface area contributed by atoms with Gasteiger partial charge in [-0.15, -0.1) is 22.7 Å². The zero-order valence-corrected chi connectivity index (χ0v) is 37.3. The van der Waals surface area contributed by atoms with Crippen LogP contribution >= 0.6 is 22.7 Å². The van der Waals surface area contributed by atoms with Gasteiger partial charge in [0, 0.05) is 40.0 Å². The first-order chi connectivity index (χ1) is 27.9. The van der Waals surface area contributed by atoms with Crippen LogP contribution in [0.1, 0.15) is 145 Å². The van der Waals surface area contributed by atoms with Crippen LogP contribution in [0.25, 0.3) is 20.9 Å². The van der Waals surface area contributed by atoms with E-state index in [9.17, 15) is 28.7 Å². The third-order valence-corrected chi connectivity index (χ3v) is 11.9. The number of methoxy groups -OCH3 is 2. The third kappa shape index (κ3) is 17.9. The topological polar surface area (TPSA) is 240 Å². The standard InChI is InChI=1S/C20H32N4O4S.C18H28N4O4S.CH3F/c1-7-13(5)18(23-24-21)16(25)9-14(12(3)4)10-17(28-8-2)19-22-15(11-29-19)20(26)27-6;1-6-11(4)16(21-22-19)14(23)7-12(10(2)3)8-15(24)17-20-13(9-27-17)18(25)26-5;1-2/h11-14,17-18H,7-10H2,1-6H3;9-12,15-16,24H,6-8H2,1-5H3;1H3/t13?,14-,17-,18+;11?,12-,15-,16+;/m11./s1/i;;1D. The molecule has 8 atom stereocenters. The Balaban J connectivity index is 0.00000107. The number of thiazole rings is 2. The average Bonchev–Trinajstić information content (AvgIpc) is 3.92. The number of carbonyl (C=O) groups is 4. The number of carbonyl (C=O) groups excluding carboxylic acids is 4. The molecule has 0 radical (unpaired) electrons.